The van der Waals surface area contributed by atoms with Crippen molar-refractivity contribution in [3.8, 4) is 0 Å². The van der Waals surface area contributed by atoms with E-state index in [1.54, 1.807) is 6.07 Å². The Morgan fingerprint density at radius 1 is 1.00 bits per heavy atom. The summed E-state index contributed by atoms with van der Waals surface area (Å²) in [5, 5.41) is 2.92. The third-order valence-electron chi connectivity index (χ3n) is 4.78. The van der Waals surface area contributed by atoms with Crippen LogP contribution in [0.3, 0.4) is 0 Å². The molecule has 0 unspecified atom stereocenters. The van der Waals surface area contributed by atoms with E-state index in [0.717, 1.165) is 22.9 Å². The number of aryl methyl sites for hydroxylation is 2. The van der Waals surface area contributed by atoms with Crippen LogP contribution in [0.2, 0.25) is 0 Å². The highest BCUT2D eigenvalue weighted by atomic mass is 19.4. The molecule has 28 heavy (non-hydrogen) atoms. The molecule has 0 radical (unpaired) electrons. The van der Waals surface area contributed by atoms with E-state index in [-0.39, 0.29) is 12.5 Å². The number of hydrogen-bond donors (Lipinski definition) is 1. The minimum absolute atomic E-state index is 0.0856. The first-order chi connectivity index (χ1) is 13.2. The lowest BCUT2D eigenvalue weighted by atomic mass is 10.1. The largest absolute Gasteiger partial charge is 0.416 e. The molecule has 1 aliphatic rings. The number of nitrogens with zero attached hydrogens (tertiary/aromatic N) is 2. The number of rotatable bonds is 4. The molecule has 0 saturated carbocycles. The molecule has 150 valence electrons. The molecule has 1 saturated heterocycles. The van der Waals surface area contributed by atoms with E-state index in [4.69, 9.17) is 0 Å². The highest BCUT2D eigenvalue weighted by Crippen LogP contribution is 2.31. The molecule has 0 spiro atoms. The number of alkyl halides is 3. The fourth-order valence-electron chi connectivity index (χ4n) is 3.49. The lowest BCUT2D eigenvalue weighted by Gasteiger charge is -2.36. The molecular formula is C21H24F3N3O. The van der Waals surface area contributed by atoms with Gasteiger partial charge in [0.25, 0.3) is 0 Å². The van der Waals surface area contributed by atoms with Crippen LogP contribution in [0, 0.1) is 13.8 Å². The molecule has 1 aliphatic heterocycles. The number of piperazine rings is 1. The molecule has 1 N–H and O–H groups in total. The van der Waals surface area contributed by atoms with Crippen molar-refractivity contribution in [2.24, 2.45) is 0 Å². The second-order valence-electron chi connectivity index (χ2n) is 7.24. The van der Waals surface area contributed by atoms with Crippen LogP contribution < -0.4 is 10.2 Å². The van der Waals surface area contributed by atoms with Gasteiger partial charge in [-0.05, 0) is 55.3 Å². The van der Waals surface area contributed by atoms with Crippen LogP contribution >= 0.6 is 0 Å². The predicted octanol–water partition coefficient (Wildman–Crippen LogP) is 4.08. The summed E-state index contributed by atoms with van der Waals surface area (Å²) in [5.74, 6) is -0.0856. The summed E-state index contributed by atoms with van der Waals surface area (Å²) < 4.78 is 38.7. The summed E-state index contributed by atoms with van der Waals surface area (Å²) in [7, 11) is 0. The van der Waals surface area contributed by atoms with Gasteiger partial charge in [-0.15, -0.1) is 0 Å². The standard InChI is InChI=1S/C21H24F3N3O/c1-15-10-16(2)12-18(11-15)25-20(28)14-26-6-8-27(9-7-26)19-5-3-4-17(13-19)21(22,23)24/h3-5,10-13H,6-9,14H2,1-2H3,(H,25,28). The van der Waals surface area contributed by atoms with Crippen LogP contribution in [0.1, 0.15) is 16.7 Å². The van der Waals surface area contributed by atoms with Crippen molar-refractivity contribution in [1.82, 2.24) is 4.90 Å². The van der Waals surface area contributed by atoms with E-state index in [2.05, 4.69) is 5.32 Å². The Morgan fingerprint density at radius 2 is 1.64 bits per heavy atom. The van der Waals surface area contributed by atoms with E-state index in [1.165, 1.54) is 12.1 Å². The van der Waals surface area contributed by atoms with Gasteiger partial charge < -0.3 is 10.2 Å². The first-order valence-electron chi connectivity index (χ1n) is 9.23. The fourth-order valence-corrected chi connectivity index (χ4v) is 3.49. The van der Waals surface area contributed by atoms with Crippen molar-refractivity contribution in [3.63, 3.8) is 0 Å². The van der Waals surface area contributed by atoms with Crippen LogP contribution in [0.25, 0.3) is 0 Å². The molecule has 2 aromatic rings. The monoisotopic (exact) mass is 391 g/mol. The minimum atomic E-state index is -4.34. The maximum Gasteiger partial charge on any atom is 0.416 e. The number of anilines is 2. The van der Waals surface area contributed by atoms with Gasteiger partial charge in [0.2, 0.25) is 5.91 Å². The van der Waals surface area contributed by atoms with Crippen molar-refractivity contribution < 1.29 is 18.0 Å². The van der Waals surface area contributed by atoms with Gasteiger partial charge in [0.15, 0.2) is 0 Å². The lowest BCUT2D eigenvalue weighted by molar-refractivity contribution is -0.137. The summed E-state index contributed by atoms with van der Waals surface area (Å²) in [4.78, 5) is 16.3. The van der Waals surface area contributed by atoms with E-state index in [1.807, 2.05) is 41.8 Å². The third-order valence-corrected chi connectivity index (χ3v) is 4.78. The Labute approximate surface area is 162 Å². The van der Waals surface area contributed by atoms with Gasteiger partial charge in [0.1, 0.15) is 0 Å². The second-order valence-corrected chi connectivity index (χ2v) is 7.24. The molecule has 0 atom stereocenters. The molecule has 0 aliphatic carbocycles. The smallest absolute Gasteiger partial charge is 0.369 e. The summed E-state index contributed by atoms with van der Waals surface area (Å²) in [6, 6.07) is 11.3. The van der Waals surface area contributed by atoms with E-state index in [0.29, 0.717) is 31.9 Å². The van der Waals surface area contributed by atoms with Gasteiger partial charge in [-0.25, -0.2) is 0 Å². The fraction of sp³-hybridized carbons (Fsp3) is 0.381. The Bertz CT molecular complexity index is 823. The molecular weight excluding hydrogens is 367 g/mol. The molecule has 0 bridgehead atoms. The molecule has 7 heteroatoms. The van der Waals surface area contributed by atoms with Crippen molar-refractivity contribution in [2.75, 3.05) is 42.9 Å². The summed E-state index contributed by atoms with van der Waals surface area (Å²) in [5.41, 5.74) is 2.88. The Kier molecular flexibility index (Phi) is 5.93. The normalized spacial score (nSPS) is 15.5. The maximum absolute atomic E-state index is 12.9. The van der Waals surface area contributed by atoms with Crippen LogP contribution in [0.5, 0.6) is 0 Å². The van der Waals surface area contributed by atoms with Gasteiger partial charge in [-0.3, -0.25) is 9.69 Å². The average Bonchev–Trinajstić information content (AvgIpc) is 2.61. The van der Waals surface area contributed by atoms with Crippen molar-refractivity contribution >= 4 is 17.3 Å². The summed E-state index contributed by atoms with van der Waals surface area (Å²) in [6.45, 7) is 6.64. The molecule has 4 nitrogen and oxygen atoms in total. The average molecular weight is 391 g/mol. The zero-order valence-electron chi connectivity index (χ0n) is 16.0. The summed E-state index contributed by atoms with van der Waals surface area (Å²) >= 11 is 0. The first kappa shape index (κ1) is 20.2. The Hall–Kier alpha value is -2.54. The Morgan fingerprint density at radius 3 is 2.25 bits per heavy atom. The summed E-state index contributed by atoms with van der Waals surface area (Å²) in [6.07, 6.45) is -4.34. The second kappa shape index (κ2) is 8.22. The van der Waals surface area contributed by atoms with Crippen LogP contribution in [0.4, 0.5) is 24.5 Å². The number of carbonyl (C=O) groups excluding carboxylic acids is 1. The van der Waals surface area contributed by atoms with Crippen molar-refractivity contribution in [1.29, 1.82) is 0 Å². The topological polar surface area (TPSA) is 35.6 Å². The quantitative estimate of drug-likeness (QED) is 0.853. The predicted molar refractivity (Wildman–Crippen MR) is 105 cm³/mol. The molecule has 1 fully saturated rings. The highest BCUT2D eigenvalue weighted by Gasteiger charge is 2.31. The number of hydrogen-bond acceptors (Lipinski definition) is 3. The number of benzene rings is 2. The minimum Gasteiger partial charge on any atom is -0.369 e. The zero-order valence-corrected chi connectivity index (χ0v) is 16.0. The van der Waals surface area contributed by atoms with Gasteiger partial charge in [-0.2, -0.15) is 13.2 Å². The molecule has 3 rings (SSSR count). The lowest BCUT2D eigenvalue weighted by Crippen LogP contribution is -2.48. The highest BCUT2D eigenvalue weighted by molar-refractivity contribution is 5.92. The van der Waals surface area contributed by atoms with Crippen LogP contribution in [0.15, 0.2) is 42.5 Å². The van der Waals surface area contributed by atoms with Gasteiger partial charge >= 0.3 is 6.18 Å². The van der Waals surface area contributed by atoms with E-state index >= 15 is 0 Å². The van der Waals surface area contributed by atoms with Gasteiger partial charge in [0, 0.05) is 37.6 Å². The van der Waals surface area contributed by atoms with Crippen molar-refractivity contribution in [3.05, 3.63) is 59.2 Å². The molecule has 0 aromatic heterocycles. The van der Waals surface area contributed by atoms with Crippen LogP contribution in [-0.2, 0) is 11.0 Å². The number of halogens is 3. The van der Waals surface area contributed by atoms with Crippen LogP contribution in [-0.4, -0.2) is 43.5 Å². The number of amides is 1. The third kappa shape index (κ3) is 5.25. The zero-order chi connectivity index (χ0) is 20.3. The van der Waals surface area contributed by atoms with Gasteiger partial charge in [0.05, 0.1) is 12.1 Å². The number of nitrogens with one attached hydrogen (secondary N) is 1. The molecule has 1 amide bonds. The van der Waals surface area contributed by atoms with E-state index in [9.17, 15) is 18.0 Å². The Balaban J connectivity index is 1.53. The SMILES string of the molecule is Cc1cc(C)cc(NC(=O)CN2CCN(c3cccc(C(F)(F)F)c3)CC2)c1. The number of carbonyl (C=O) groups is 1. The molecule has 2 aromatic carbocycles. The van der Waals surface area contributed by atoms with E-state index < -0.39 is 11.7 Å². The maximum atomic E-state index is 12.9. The van der Waals surface area contributed by atoms with Gasteiger partial charge in [-0.1, -0.05) is 12.1 Å². The molecule has 1 heterocycles. The first-order valence-corrected chi connectivity index (χ1v) is 9.23. The van der Waals surface area contributed by atoms with Crippen molar-refractivity contribution in [2.45, 2.75) is 20.0 Å².